The van der Waals surface area contributed by atoms with E-state index >= 15 is 0 Å². The van der Waals surface area contributed by atoms with Crippen LogP contribution in [0.3, 0.4) is 0 Å². The zero-order valence-electron chi connectivity index (χ0n) is 17.2. The van der Waals surface area contributed by atoms with E-state index in [4.69, 9.17) is 0 Å². The summed E-state index contributed by atoms with van der Waals surface area (Å²) < 4.78 is 3.26. The third-order valence-electron chi connectivity index (χ3n) is 5.51. The van der Waals surface area contributed by atoms with Gasteiger partial charge >= 0.3 is 0 Å². The van der Waals surface area contributed by atoms with Gasteiger partial charge in [0.15, 0.2) is 0 Å². The fourth-order valence-electron chi connectivity index (χ4n) is 3.83. The highest BCUT2D eigenvalue weighted by atomic mass is 16.1. The Morgan fingerprint density at radius 1 is 0.806 bits per heavy atom. The van der Waals surface area contributed by atoms with Gasteiger partial charge in [0.25, 0.3) is 0 Å². The first kappa shape index (κ1) is 19.1. The second-order valence-corrected chi connectivity index (χ2v) is 7.58. The average molecular weight is 410 g/mol. The third-order valence-corrected chi connectivity index (χ3v) is 5.51. The number of fused-ring (bicyclic) bond motifs is 2. The molecule has 7 heteroatoms. The van der Waals surface area contributed by atoms with Gasteiger partial charge in [-0.2, -0.15) is 0 Å². The largest absolute Gasteiger partial charge is 0.290 e. The zero-order valence-corrected chi connectivity index (χ0v) is 17.2. The Labute approximate surface area is 179 Å². The summed E-state index contributed by atoms with van der Waals surface area (Å²) >= 11 is 0. The van der Waals surface area contributed by atoms with Gasteiger partial charge in [-0.05, 0) is 42.7 Å². The predicted molar refractivity (Wildman–Crippen MR) is 119 cm³/mol. The molecule has 0 radical (unpaired) electrons. The summed E-state index contributed by atoms with van der Waals surface area (Å²) in [4.78, 5) is 13.8. The second kappa shape index (κ2) is 8.10. The van der Waals surface area contributed by atoms with E-state index in [1.165, 1.54) is 5.56 Å². The molecule has 5 rings (SSSR count). The van der Waals surface area contributed by atoms with Crippen molar-refractivity contribution in [1.29, 1.82) is 0 Å². The molecule has 0 aliphatic rings. The maximum Gasteiger partial charge on any atom is 0.210 e. The van der Waals surface area contributed by atoms with Crippen LogP contribution in [0.15, 0.2) is 72.8 Å². The molecular formula is C24H22N6O. The number of unbranched alkanes of at least 4 members (excludes halogenated alkanes) is 1. The number of carbonyl (C=O) groups excluding carboxylic acids is 1. The molecule has 0 saturated heterocycles. The monoisotopic (exact) mass is 410 g/mol. The number of hydrogen-bond donors (Lipinski definition) is 0. The number of aromatic nitrogens is 6. The summed E-state index contributed by atoms with van der Waals surface area (Å²) in [7, 11) is 0. The molecule has 0 fully saturated rings. The molecule has 0 N–H and O–H groups in total. The van der Waals surface area contributed by atoms with Crippen LogP contribution >= 0.6 is 0 Å². The van der Waals surface area contributed by atoms with Crippen LogP contribution in [0.1, 0.15) is 41.9 Å². The molecule has 3 aromatic carbocycles. The minimum absolute atomic E-state index is 0.117. The molecule has 0 aliphatic heterocycles. The highest BCUT2D eigenvalue weighted by molar-refractivity contribution is 6.00. The topological polar surface area (TPSA) is 78.5 Å². The van der Waals surface area contributed by atoms with Crippen molar-refractivity contribution in [2.24, 2.45) is 0 Å². The van der Waals surface area contributed by atoms with Crippen molar-refractivity contribution >= 4 is 27.9 Å². The lowest BCUT2D eigenvalue weighted by molar-refractivity contribution is 0.0890. The maximum atomic E-state index is 13.8. The van der Waals surface area contributed by atoms with Crippen LogP contribution in [0.4, 0.5) is 0 Å². The Balaban J connectivity index is 1.63. The Hall–Kier alpha value is -3.87. The number of rotatable bonds is 7. The number of nitrogens with zero attached hydrogens (tertiary/aromatic N) is 6. The highest BCUT2D eigenvalue weighted by Crippen LogP contribution is 2.24. The van der Waals surface area contributed by atoms with Crippen molar-refractivity contribution in [3.8, 4) is 0 Å². The van der Waals surface area contributed by atoms with Gasteiger partial charge in [0.1, 0.15) is 11.0 Å². The van der Waals surface area contributed by atoms with E-state index in [2.05, 4.69) is 27.5 Å². The van der Waals surface area contributed by atoms with Crippen molar-refractivity contribution in [3.05, 3.63) is 83.9 Å². The highest BCUT2D eigenvalue weighted by Gasteiger charge is 2.29. The smallest absolute Gasteiger partial charge is 0.210 e. The quantitative estimate of drug-likeness (QED) is 0.371. The average Bonchev–Trinajstić information content (AvgIpc) is 3.44. The van der Waals surface area contributed by atoms with Crippen LogP contribution < -0.4 is 0 Å². The normalized spacial score (nSPS) is 11.5. The van der Waals surface area contributed by atoms with Crippen molar-refractivity contribution in [2.75, 3.05) is 0 Å². The summed E-state index contributed by atoms with van der Waals surface area (Å²) in [5, 5.41) is 17.1. The molecule has 7 nitrogen and oxygen atoms in total. The summed E-state index contributed by atoms with van der Waals surface area (Å²) in [5.74, 6) is -0.117. The lowest BCUT2D eigenvalue weighted by Gasteiger charge is -2.18. The van der Waals surface area contributed by atoms with Gasteiger partial charge in [0.2, 0.25) is 11.9 Å². The maximum absolute atomic E-state index is 13.8. The van der Waals surface area contributed by atoms with E-state index in [0.717, 1.165) is 41.3 Å². The van der Waals surface area contributed by atoms with Gasteiger partial charge in [0.05, 0.1) is 11.0 Å². The van der Waals surface area contributed by atoms with Crippen LogP contribution in [0.5, 0.6) is 0 Å². The lowest BCUT2D eigenvalue weighted by atomic mass is 10.0. The van der Waals surface area contributed by atoms with Gasteiger partial charge in [-0.15, -0.1) is 10.2 Å². The predicted octanol–water partition coefficient (Wildman–Crippen LogP) is 4.45. The van der Waals surface area contributed by atoms with E-state index in [1.807, 2.05) is 72.8 Å². The zero-order chi connectivity index (χ0) is 21.2. The summed E-state index contributed by atoms with van der Waals surface area (Å²) in [6, 6.07) is 23.0. The third kappa shape index (κ3) is 3.48. The molecular weight excluding hydrogens is 388 g/mol. The molecule has 2 aromatic heterocycles. The van der Waals surface area contributed by atoms with E-state index in [-0.39, 0.29) is 5.78 Å². The van der Waals surface area contributed by atoms with Gasteiger partial charge in [-0.1, -0.05) is 72.3 Å². The van der Waals surface area contributed by atoms with Crippen LogP contribution in [-0.2, 0) is 6.42 Å². The number of ketones is 1. The molecule has 5 aromatic rings. The first-order valence-corrected chi connectivity index (χ1v) is 10.5. The fourth-order valence-corrected chi connectivity index (χ4v) is 3.83. The van der Waals surface area contributed by atoms with E-state index < -0.39 is 6.17 Å². The van der Waals surface area contributed by atoms with E-state index in [0.29, 0.717) is 5.56 Å². The number of Topliss-reactive ketones (excluding diaryl/α,β-unsaturated/α-hetero) is 1. The molecule has 0 saturated carbocycles. The van der Waals surface area contributed by atoms with Crippen LogP contribution in [0.25, 0.3) is 22.1 Å². The molecule has 0 unspecified atom stereocenters. The molecule has 0 amide bonds. The number of carbonyl (C=O) groups is 1. The number of aryl methyl sites for hydroxylation is 1. The molecule has 0 spiro atoms. The van der Waals surface area contributed by atoms with Gasteiger partial charge in [-0.3, -0.25) is 4.79 Å². The van der Waals surface area contributed by atoms with Crippen molar-refractivity contribution < 1.29 is 4.79 Å². The van der Waals surface area contributed by atoms with Gasteiger partial charge < -0.3 is 0 Å². The number of benzene rings is 3. The second-order valence-electron chi connectivity index (χ2n) is 7.58. The minimum atomic E-state index is -0.832. The first-order chi connectivity index (χ1) is 15.3. The first-order valence-electron chi connectivity index (χ1n) is 10.5. The summed E-state index contributed by atoms with van der Waals surface area (Å²) in [6.45, 7) is 2.17. The van der Waals surface area contributed by atoms with E-state index in [9.17, 15) is 4.79 Å². The number of hydrogen-bond acceptors (Lipinski definition) is 5. The van der Waals surface area contributed by atoms with Crippen LogP contribution in [-0.4, -0.2) is 35.8 Å². The van der Waals surface area contributed by atoms with Crippen LogP contribution in [0, 0.1) is 0 Å². The molecule has 0 atom stereocenters. The van der Waals surface area contributed by atoms with Gasteiger partial charge in [0, 0.05) is 5.56 Å². The van der Waals surface area contributed by atoms with Gasteiger partial charge in [-0.25, -0.2) is 9.36 Å². The standard InChI is InChI=1S/C24H22N6O/c1-2-3-8-17-13-15-18(16-14-17)23(31)24(29-21-11-6-4-9-19(21)25-27-29)30-22-12-7-5-10-20(22)26-28-30/h4-7,9-16,24H,2-3,8H2,1H3. The Morgan fingerprint density at radius 3 is 1.90 bits per heavy atom. The van der Waals surface area contributed by atoms with Crippen LogP contribution in [0.2, 0.25) is 0 Å². The molecule has 31 heavy (non-hydrogen) atoms. The Bertz CT molecular complexity index is 1280. The van der Waals surface area contributed by atoms with Crippen molar-refractivity contribution in [1.82, 2.24) is 30.0 Å². The molecule has 0 bridgehead atoms. The SMILES string of the molecule is CCCCc1ccc(C(=O)C(n2nnc3ccccc32)n2nnc3ccccc32)cc1. The molecule has 2 heterocycles. The minimum Gasteiger partial charge on any atom is -0.290 e. The fraction of sp³-hybridized carbons (Fsp3) is 0.208. The molecule has 154 valence electrons. The summed E-state index contributed by atoms with van der Waals surface area (Å²) in [5.41, 5.74) is 4.80. The molecule has 0 aliphatic carbocycles. The Morgan fingerprint density at radius 2 is 1.35 bits per heavy atom. The Kier molecular flexibility index (Phi) is 5.00. The summed E-state index contributed by atoms with van der Waals surface area (Å²) in [6.07, 6.45) is 2.45. The van der Waals surface area contributed by atoms with Crippen molar-refractivity contribution in [2.45, 2.75) is 32.4 Å². The van der Waals surface area contributed by atoms with E-state index in [1.54, 1.807) is 9.36 Å². The number of para-hydroxylation sites is 2. The lowest BCUT2D eigenvalue weighted by Crippen LogP contribution is -2.29. The van der Waals surface area contributed by atoms with Crippen molar-refractivity contribution in [3.63, 3.8) is 0 Å².